The molecule has 21 heavy (non-hydrogen) atoms. The van der Waals surface area contributed by atoms with Crippen LogP contribution in [0.4, 0.5) is 0 Å². The molecule has 0 aromatic rings. The first-order valence-electron chi connectivity index (χ1n) is 7.87. The van der Waals surface area contributed by atoms with Gasteiger partial charge in [0.25, 0.3) is 6.47 Å². The van der Waals surface area contributed by atoms with Crippen molar-refractivity contribution in [2.75, 3.05) is 13.2 Å². The summed E-state index contributed by atoms with van der Waals surface area (Å²) < 4.78 is 23.6. The molecular formula is C16H26O5. The Bertz CT molecular complexity index is 415. The van der Waals surface area contributed by atoms with Crippen molar-refractivity contribution in [1.82, 2.24) is 0 Å². The molecular weight excluding hydrogens is 272 g/mol. The van der Waals surface area contributed by atoms with Gasteiger partial charge in [-0.3, -0.25) is 4.79 Å². The van der Waals surface area contributed by atoms with E-state index < -0.39 is 5.79 Å². The lowest BCUT2D eigenvalue weighted by atomic mass is 9.56. The van der Waals surface area contributed by atoms with E-state index in [-0.39, 0.29) is 29.1 Å². The van der Waals surface area contributed by atoms with E-state index in [4.69, 9.17) is 18.9 Å². The highest BCUT2D eigenvalue weighted by atomic mass is 16.7. The van der Waals surface area contributed by atoms with Gasteiger partial charge in [-0.15, -0.1) is 0 Å². The predicted molar refractivity (Wildman–Crippen MR) is 75.6 cm³/mol. The highest BCUT2D eigenvalue weighted by Crippen LogP contribution is 2.59. The van der Waals surface area contributed by atoms with Crippen LogP contribution in [0.5, 0.6) is 0 Å². The molecule has 1 aliphatic carbocycles. The first-order valence-corrected chi connectivity index (χ1v) is 7.87. The van der Waals surface area contributed by atoms with Crippen molar-refractivity contribution in [3.05, 3.63) is 0 Å². The van der Waals surface area contributed by atoms with Crippen LogP contribution >= 0.6 is 0 Å². The Kier molecular flexibility index (Phi) is 3.58. The van der Waals surface area contributed by atoms with Gasteiger partial charge in [-0.05, 0) is 25.2 Å². The number of hydrogen-bond donors (Lipinski definition) is 0. The molecule has 2 unspecified atom stereocenters. The topological polar surface area (TPSA) is 54.0 Å². The summed E-state index contributed by atoms with van der Waals surface area (Å²) in [6.07, 6.45) is 2.39. The molecule has 2 saturated heterocycles. The van der Waals surface area contributed by atoms with E-state index in [9.17, 15) is 4.79 Å². The fourth-order valence-electron chi connectivity index (χ4n) is 4.65. The lowest BCUT2D eigenvalue weighted by Crippen LogP contribution is -2.66. The molecule has 2 heterocycles. The Hall–Kier alpha value is -0.650. The fourth-order valence-corrected chi connectivity index (χ4v) is 4.65. The Labute approximate surface area is 126 Å². The van der Waals surface area contributed by atoms with Crippen molar-refractivity contribution < 1.29 is 23.7 Å². The van der Waals surface area contributed by atoms with E-state index in [1.807, 2.05) is 6.92 Å². The molecule has 5 nitrogen and oxygen atoms in total. The standard InChI is InChI=1S/C16H26O5/c1-11-12(18-10-17)9-15(4)5-6-16(19-7-8-20-16)14(2,3)13(15)21-11/h10-13H,5-9H2,1-4H3/t11?,12-,13-,15?/m0/s1. The quantitative estimate of drug-likeness (QED) is 0.732. The molecule has 120 valence electrons. The molecule has 3 aliphatic rings. The minimum Gasteiger partial charge on any atom is -0.462 e. The first kappa shape index (κ1) is 15.3. The zero-order valence-electron chi connectivity index (χ0n) is 13.4. The minimum absolute atomic E-state index is 0.0236. The van der Waals surface area contributed by atoms with Gasteiger partial charge >= 0.3 is 0 Å². The maximum absolute atomic E-state index is 10.7. The summed E-state index contributed by atoms with van der Waals surface area (Å²) in [5.41, 5.74) is -0.263. The molecule has 2 aliphatic heterocycles. The van der Waals surface area contributed by atoms with E-state index >= 15 is 0 Å². The van der Waals surface area contributed by atoms with E-state index in [0.717, 1.165) is 19.3 Å². The van der Waals surface area contributed by atoms with Crippen LogP contribution in [-0.2, 0) is 23.7 Å². The van der Waals surface area contributed by atoms with Gasteiger partial charge in [0.05, 0.1) is 25.4 Å². The van der Waals surface area contributed by atoms with Gasteiger partial charge in [-0.25, -0.2) is 0 Å². The lowest BCUT2D eigenvalue weighted by Gasteiger charge is -2.60. The zero-order chi connectivity index (χ0) is 15.3. The van der Waals surface area contributed by atoms with Crippen LogP contribution in [0.15, 0.2) is 0 Å². The second-order valence-electron chi connectivity index (χ2n) is 7.52. The Morgan fingerprint density at radius 1 is 1.14 bits per heavy atom. The number of rotatable bonds is 2. The average molecular weight is 298 g/mol. The summed E-state index contributed by atoms with van der Waals surface area (Å²) in [5.74, 6) is -0.532. The summed E-state index contributed by atoms with van der Waals surface area (Å²) in [7, 11) is 0. The molecule has 0 N–H and O–H groups in total. The average Bonchev–Trinajstić information content (AvgIpc) is 2.90. The smallest absolute Gasteiger partial charge is 0.293 e. The Morgan fingerprint density at radius 3 is 2.43 bits per heavy atom. The van der Waals surface area contributed by atoms with Gasteiger partial charge in [0.2, 0.25) is 0 Å². The molecule has 1 saturated carbocycles. The molecule has 3 rings (SSSR count). The van der Waals surface area contributed by atoms with Crippen molar-refractivity contribution in [3.8, 4) is 0 Å². The van der Waals surface area contributed by atoms with Crippen molar-refractivity contribution in [2.45, 2.75) is 71.1 Å². The van der Waals surface area contributed by atoms with Gasteiger partial charge < -0.3 is 18.9 Å². The van der Waals surface area contributed by atoms with Crippen LogP contribution in [0.25, 0.3) is 0 Å². The Morgan fingerprint density at radius 2 is 1.81 bits per heavy atom. The predicted octanol–water partition coefficient (Wildman–Crippen LogP) is 2.27. The molecule has 3 fully saturated rings. The van der Waals surface area contributed by atoms with E-state index in [2.05, 4.69) is 20.8 Å². The second kappa shape index (κ2) is 4.93. The minimum atomic E-state index is -0.532. The zero-order valence-corrected chi connectivity index (χ0v) is 13.4. The second-order valence-corrected chi connectivity index (χ2v) is 7.52. The number of fused-ring (bicyclic) bond motifs is 1. The third-order valence-electron chi connectivity index (χ3n) is 5.82. The number of carbonyl (C=O) groups excluding carboxylic acids is 1. The maximum atomic E-state index is 10.7. The largest absolute Gasteiger partial charge is 0.462 e. The van der Waals surface area contributed by atoms with Crippen molar-refractivity contribution in [1.29, 1.82) is 0 Å². The summed E-state index contributed by atoms with van der Waals surface area (Å²) >= 11 is 0. The van der Waals surface area contributed by atoms with E-state index in [1.54, 1.807) is 0 Å². The SMILES string of the molecule is CC1O[C@@H]2C(C)(CCC3(OCCO3)C2(C)C)C[C@@H]1OC=O. The van der Waals surface area contributed by atoms with Crippen LogP contribution in [-0.4, -0.2) is 43.8 Å². The highest BCUT2D eigenvalue weighted by molar-refractivity contribution is 5.37. The van der Waals surface area contributed by atoms with Crippen molar-refractivity contribution >= 4 is 6.47 Å². The molecule has 0 radical (unpaired) electrons. The monoisotopic (exact) mass is 298 g/mol. The third kappa shape index (κ3) is 2.13. The summed E-state index contributed by atoms with van der Waals surface area (Å²) in [5, 5.41) is 0. The van der Waals surface area contributed by atoms with Gasteiger partial charge in [0.15, 0.2) is 5.79 Å². The van der Waals surface area contributed by atoms with Crippen LogP contribution in [0.2, 0.25) is 0 Å². The molecule has 0 amide bonds. The molecule has 0 aromatic carbocycles. The van der Waals surface area contributed by atoms with Crippen LogP contribution < -0.4 is 0 Å². The van der Waals surface area contributed by atoms with Crippen molar-refractivity contribution in [2.24, 2.45) is 10.8 Å². The van der Waals surface area contributed by atoms with Gasteiger partial charge in [-0.2, -0.15) is 0 Å². The molecule has 5 heteroatoms. The number of ether oxygens (including phenoxy) is 4. The van der Waals surface area contributed by atoms with Crippen LogP contribution in [0.1, 0.15) is 47.0 Å². The molecule has 0 bridgehead atoms. The summed E-state index contributed by atoms with van der Waals surface area (Å²) in [4.78, 5) is 10.7. The molecule has 1 spiro atoms. The lowest BCUT2D eigenvalue weighted by molar-refractivity contribution is -0.329. The van der Waals surface area contributed by atoms with Crippen LogP contribution in [0.3, 0.4) is 0 Å². The Balaban J connectivity index is 1.89. The first-order chi connectivity index (χ1) is 9.85. The maximum Gasteiger partial charge on any atom is 0.293 e. The number of carbonyl (C=O) groups is 1. The van der Waals surface area contributed by atoms with Gasteiger partial charge in [0, 0.05) is 11.8 Å². The van der Waals surface area contributed by atoms with Gasteiger partial charge in [0.1, 0.15) is 6.10 Å². The fraction of sp³-hybridized carbons (Fsp3) is 0.938. The van der Waals surface area contributed by atoms with Gasteiger partial charge in [-0.1, -0.05) is 20.8 Å². The third-order valence-corrected chi connectivity index (χ3v) is 5.82. The van der Waals surface area contributed by atoms with Crippen molar-refractivity contribution in [3.63, 3.8) is 0 Å². The highest BCUT2D eigenvalue weighted by Gasteiger charge is 2.65. The summed E-state index contributed by atoms with van der Waals surface area (Å²) in [6, 6.07) is 0. The van der Waals surface area contributed by atoms with Crippen LogP contribution in [0, 0.1) is 10.8 Å². The molecule has 4 atom stereocenters. The summed E-state index contributed by atoms with van der Waals surface area (Å²) in [6.45, 7) is 10.4. The molecule has 0 aromatic heterocycles. The number of hydrogen-bond acceptors (Lipinski definition) is 5. The van der Waals surface area contributed by atoms with E-state index in [1.165, 1.54) is 0 Å². The van der Waals surface area contributed by atoms with E-state index in [0.29, 0.717) is 19.7 Å². The normalized spacial score (nSPS) is 44.3.